The summed E-state index contributed by atoms with van der Waals surface area (Å²) in [5.74, 6) is 0. The quantitative estimate of drug-likeness (QED) is 0.130. The Balaban J connectivity index is 0.000000640. The minimum absolute atomic E-state index is 0. The van der Waals surface area contributed by atoms with Crippen LogP contribution in [0, 0.1) is 0 Å². The zero-order valence-corrected chi connectivity index (χ0v) is 24.9. The minimum atomic E-state index is -0.475. The van der Waals surface area contributed by atoms with E-state index in [9.17, 15) is 0 Å². The molecular weight excluding hydrogens is 502 g/mol. The molecule has 0 aliphatic rings. The Kier molecular flexibility index (Phi) is 11.7. The van der Waals surface area contributed by atoms with E-state index in [0.29, 0.717) is 16.0 Å². The fraction of sp³-hybridized carbons (Fsp3) is 0.312. The van der Waals surface area contributed by atoms with Crippen LogP contribution in [0.25, 0.3) is 0 Å². The Labute approximate surface area is 227 Å². The van der Waals surface area contributed by atoms with Crippen molar-refractivity contribution in [2.45, 2.75) is 57.5 Å². The molecule has 0 aromatic heterocycles. The number of hydrogen-bond acceptors (Lipinski definition) is 0. The topological polar surface area (TPSA) is 0 Å². The monoisotopic (exact) mass is 542 g/mol. The molecular formula is C32H40FeP2. The van der Waals surface area contributed by atoms with E-state index in [2.05, 4.69) is 126 Å². The van der Waals surface area contributed by atoms with Gasteiger partial charge in [-0.2, -0.15) is 35.9 Å². The third-order valence-corrected chi connectivity index (χ3v) is 13.1. The second-order valence-corrected chi connectivity index (χ2v) is 17.0. The van der Waals surface area contributed by atoms with Crippen LogP contribution in [0.1, 0.15) is 52.8 Å². The van der Waals surface area contributed by atoms with Crippen LogP contribution in [0.4, 0.5) is 0 Å². The van der Waals surface area contributed by atoms with E-state index in [-0.39, 0.29) is 25.0 Å². The van der Waals surface area contributed by atoms with Gasteiger partial charge in [0.2, 0.25) is 0 Å². The predicted octanol–water partition coefficient (Wildman–Crippen LogP) is 9.06. The molecule has 0 amide bonds. The zero-order chi connectivity index (χ0) is 24.6. The van der Waals surface area contributed by atoms with Crippen molar-refractivity contribution in [2.24, 2.45) is 0 Å². The second-order valence-electron chi connectivity index (χ2n) is 10.7. The standard InChI is InChI=1S/C27H35P2.C5H5.Fe/c1-26(2,3)28(27(4,5)6)21-25(22-15-13-14-16-22)29(23-17-9-7-10-18-23)24-19-11-8-12-20-24;1-2-4-5-3-1;/h7-20,25H,21H2,1-6H3;1-5H;/q2*-1;+2. The molecule has 0 nitrogen and oxygen atoms in total. The van der Waals surface area contributed by atoms with Gasteiger partial charge in [0.05, 0.1) is 0 Å². The first-order valence-corrected chi connectivity index (χ1v) is 15.2. The van der Waals surface area contributed by atoms with Crippen LogP contribution in [0.2, 0.25) is 0 Å². The summed E-state index contributed by atoms with van der Waals surface area (Å²) >= 11 is 0. The molecule has 0 aliphatic heterocycles. The van der Waals surface area contributed by atoms with Gasteiger partial charge in [-0.05, 0) is 40.7 Å². The van der Waals surface area contributed by atoms with Gasteiger partial charge in [0.25, 0.3) is 0 Å². The summed E-state index contributed by atoms with van der Waals surface area (Å²) in [5, 5.41) is 3.62. The molecule has 35 heavy (non-hydrogen) atoms. The van der Waals surface area contributed by atoms with E-state index in [1.54, 1.807) is 0 Å². The molecule has 4 aromatic carbocycles. The maximum absolute atomic E-state index is 2.44. The van der Waals surface area contributed by atoms with E-state index in [4.69, 9.17) is 0 Å². The van der Waals surface area contributed by atoms with Crippen molar-refractivity contribution in [1.82, 2.24) is 0 Å². The van der Waals surface area contributed by atoms with Crippen molar-refractivity contribution in [1.29, 1.82) is 0 Å². The minimum Gasteiger partial charge on any atom is -0.214 e. The summed E-state index contributed by atoms with van der Waals surface area (Å²) in [4.78, 5) is 0. The van der Waals surface area contributed by atoms with Crippen molar-refractivity contribution in [2.75, 3.05) is 6.16 Å². The molecule has 186 valence electrons. The van der Waals surface area contributed by atoms with Crippen LogP contribution in [-0.4, -0.2) is 16.5 Å². The van der Waals surface area contributed by atoms with Gasteiger partial charge in [-0.25, -0.2) is 24.3 Å². The van der Waals surface area contributed by atoms with E-state index in [1.807, 2.05) is 30.3 Å². The fourth-order valence-corrected chi connectivity index (χ4v) is 12.0. The molecule has 0 N–H and O–H groups in total. The van der Waals surface area contributed by atoms with Crippen molar-refractivity contribution < 1.29 is 17.1 Å². The molecule has 1 unspecified atom stereocenters. The number of hydrogen-bond donors (Lipinski definition) is 0. The molecule has 0 spiro atoms. The van der Waals surface area contributed by atoms with E-state index in [0.717, 1.165) is 0 Å². The fourth-order valence-electron chi connectivity index (χ4n) is 4.68. The van der Waals surface area contributed by atoms with E-state index >= 15 is 0 Å². The first kappa shape index (κ1) is 29.7. The van der Waals surface area contributed by atoms with Gasteiger partial charge < -0.3 is 0 Å². The van der Waals surface area contributed by atoms with Crippen molar-refractivity contribution in [3.8, 4) is 0 Å². The third-order valence-electron chi connectivity index (χ3n) is 5.98. The van der Waals surface area contributed by atoms with Gasteiger partial charge in [0.1, 0.15) is 0 Å². The Morgan fingerprint density at radius 3 is 1.46 bits per heavy atom. The molecule has 1 atom stereocenters. The first-order valence-electron chi connectivity index (χ1n) is 12.2. The molecule has 4 aromatic rings. The van der Waals surface area contributed by atoms with Gasteiger partial charge in [-0.1, -0.05) is 110 Å². The molecule has 0 saturated carbocycles. The summed E-state index contributed by atoms with van der Waals surface area (Å²) in [6.45, 7) is 14.7. The molecule has 4 rings (SSSR count). The normalized spacial score (nSPS) is 12.6. The average Bonchev–Trinajstić information content (AvgIpc) is 3.53. The van der Waals surface area contributed by atoms with E-state index < -0.39 is 7.92 Å². The first-order chi connectivity index (χ1) is 16.2. The largest absolute Gasteiger partial charge is 2.00 e. The smallest absolute Gasteiger partial charge is 0.214 e. The Hall–Kier alpha value is -1.48. The van der Waals surface area contributed by atoms with Crippen molar-refractivity contribution in [3.63, 3.8) is 0 Å². The SMILES string of the molecule is CC(C)(C)P(CC(c1ccc[cH-]1)P(c1ccccc1)c1ccccc1)C(C)(C)C.[Fe+2].c1cc[cH-]c1. The average molecular weight is 542 g/mol. The second kappa shape index (κ2) is 13.7. The maximum atomic E-state index is 2.44. The van der Waals surface area contributed by atoms with Gasteiger partial charge in [0.15, 0.2) is 0 Å². The van der Waals surface area contributed by atoms with Crippen LogP contribution in [0.3, 0.4) is 0 Å². The summed E-state index contributed by atoms with van der Waals surface area (Å²) < 4.78 is 0. The summed E-state index contributed by atoms with van der Waals surface area (Å²) in [5.41, 5.74) is 2.04. The molecule has 0 heterocycles. The zero-order valence-electron chi connectivity index (χ0n) is 22.0. The third kappa shape index (κ3) is 8.84. The molecule has 3 heteroatoms. The van der Waals surface area contributed by atoms with Crippen molar-refractivity contribution in [3.05, 3.63) is 121 Å². The van der Waals surface area contributed by atoms with E-state index in [1.165, 1.54) is 22.3 Å². The van der Waals surface area contributed by atoms with Gasteiger partial charge in [0, 0.05) is 0 Å². The summed E-state index contributed by atoms with van der Waals surface area (Å²) in [7, 11) is -0.659. The molecule has 0 aliphatic carbocycles. The summed E-state index contributed by atoms with van der Waals surface area (Å²) in [6.07, 6.45) is 1.27. The molecule has 0 fully saturated rings. The Morgan fingerprint density at radius 1 is 0.629 bits per heavy atom. The predicted molar refractivity (Wildman–Crippen MR) is 157 cm³/mol. The Morgan fingerprint density at radius 2 is 1.11 bits per heavy atom. The number of benzene rings is 2. The van der Waals surface area contributed by atoms with Crippen LogP contribution < -0.4 is 10.6 Å². The maximum Gasteiger partial charge on any atom is 2.00 e. The Bertz CT molecular complexity index is 970. The summed E-state index contributed by atoms with van der Waals surface area (Å²) in [6, 6.07) is 41.6. The molecule has 0 saturated heterocycles. The molecule has 0 bridgehead atoms. The number of rotatable bonds is 6. The van der Waals surface area contributed by atoms with Crippen LogP contribution in [0.5, 0.6) is 0 Å². The van der Waals surface area contributed by atoms with Crippen molar-refractivity contribution >= 4 is 26.5 Å². The van der Waals surface area contributed by atoms with Crippen LogP contribution >= 0.6 is 15.8 Å². The van der Waals surface area contributed by atoms with Gasteiger partial charge in [-0.3, -0.25) is 0 Å². The van der Waals surface area contributed by atoms with Crippen LogP contribution in [-0.2, 0) is 17.1 Å². The molecule has 0 radical (unpaired) electrons. The van der Waals surface area contributed by atoms with Gasteiger partial charge in [-0.15, -0.1) is 0 Å². The van der Waals surface area contributed by atoms with Crippen LogP contribution in [0.15, 0.2) is 115 Å². The van der Waals surface area contributed by atoms with Gasteiger partial charge >= 0.3 is 17.1 Å².